The normalized spacial score (nSPS) is 33.0. The molecule has 1 saturated heterocycles. The molecule has 1 aliphatic rings. The molecule has 0 aromatic heterocycles. The Bertz CT molecular complexity index is 224. The molecule has 3 heteroatoms. The van der Waals surface area contributed by atoms with Gasteiger partial charge in [0.25, 0.3) is 0 Å². The highest BCUT2D eigenvalue weighted by Gasteiger charge is 2.37. The minimum atomic E-state index is 0.109. The fourth-order valence-corrected chi connectivity index (χ4v) is 1.79. The lowest BCUT2D eigenvalue weighted by molar-refractivity contribution is 0.155. The molecule has 0 saturated carbocycles. The van der Waals surface area contributed by atoms with E-state index in [0.29, 0.717) is 17.9 Å². The predicted octanol–water partition coefficient (Wildman–Crippen LogP) is 1.62. The second-order valence-electron chi connectivity index (χ2n) is 6.67. The van der Waals surface area contributed by atoms with Gasteiger partial charge in [0.1, 0.15) is 0 Å². The number of nitrogens with one attached hydrogen (secondary N) is 1. The van der Waals surface area contributed by atoms with Crippen molar-refractivity contribution in [1.29, 1.82) is 0 Å². The smallest absolute Gasteiger partial charge is 0.0624 e. The molecule has 1 fully saturated rings. The monoisotopic (exact) mass is 228 g/mol. The van der Waals surface area contributed by atoms with Crippen molar-refractivity contribution >= 4 is 0 Å². The van der Waals surface area contributed by atoms with Crippen molar-refractivity contribution in [2.75, 3.05) is 26.3 Å². The van der Waals surface area contributed by atoms with Crippen LogP contribution < -0.4 is 11.1 Å². The van der Waals surface area contributed by atoms with E-state index in [2.05, 4.69) is 39.9 Å². The van der Waals surface area contributed by atoms with E-state index in [1.807, 2.05) is 0 Å². The van der Waals surface area contributed by atoms with Gasteiger partial charge in [0.15, 0.2) is 0 Å². The Labute approximate surface area is 100 Å². The summed E-state index contributed by atoms with van der Waals surface area (Å²) in [5, 5.41) is 3.54. The van der Waals surface area contributed by atoms with Gasteiger partial charge in [-0.3, -0.25) is 0 Å². The number of ether oxygens (including phenoxy) is 1. The first-order chi connectivity index (χ1) is 7.26. The van der Waals surface area contributed by atoms with Crippen LogP contribution in [0.1, 0.15) is 34.6 Å². The Morgan fingerprint density at radius 3 is 2.56 bits per heavy atom. The van der Waals surface area contributed by atoms with E-state index in [1.54, 1.807) is 0 Å². The number of rotatable bonds is 4. The van der Waals surface area contributed by atoms with E-state index in [-0.39, 0.29) is 11.5 Å². The van der Waals surface area contributed by atoms with Crippen molar-refractivity contribution in [2.45, 2.75) is 40.7 Å². The summed E-state index contributed by atoms with van der Waals surface area (Å²) in [4.78, 5) is 0. The fraction of sp³-hybridized carbons (Fsp3) is 1.00. The third-order valence-electron chi connectivity index (χ3n) is 4.08. The lowest BCUT2D eigenvalue weighted by Gasteiger charge is -2.31. The Morgan fingerprint density at radius 2 is 2.12 bits per heavy atom. The van der Waals surface area contributed by atoms with Gasteiger partial charge in [0, 0.05) is 18.0 Å². The van der Waals surface area contributed by atoms with Gasteiger partial charge in [-0.1, -0.05) is 34.6 Å². The molecule has 0 aromatic carbocycles. The van der Waals surface area contributed by atoms with E-state index in [9.17, 15) is 0 Å². The molecule has 3 N–H and O–H groups in total. The molecule has 96 valence electrons. The van der Waals surface area contributed by atoms with Crippen LogP contribution in [-0.2, 0) is 4.74 Å². The first-order valence-corrected chi connectivity index (χ1v) is 6.30. The molecule has 3 unspecified atom stereocenters. The molecule has 1 aliphatic heterocycles. The summed E-state index contributed by atoms with van der Waals surface area (Å²) in [7, 11) is 0. The molecule has 1 rings (SSSR count). The van der Waals surface area contributed by atoms with Crippen LogP contribution in [0.5, 0.6) is 0 Å². The highest BCUT2D eigenvalue weighted by Crippen LogP contribution is 2.27. The number of hydrogen-bond acceptors (Lipinski definition) is 3. The van der Waals surface area contributed by atoms with Crippen LogP contribution in [0.25, 0.3) is 0 Å². The molecule has 0 bridgehead atoms. The second kappa shape index (κ2) is 5.03. The highest BCUT2D eigenvalue weighted by atomic mass is 16.5. The topological polar surface area (TPSA) is 47.3 Å². The molecule has 0 radical (unpaired) electrons. The zero-order valence-corrected chi connectivity index (χ0v) is 11.5. The molecule has 16 heavy (non-hydrogen) atoms. The molecule has 0 spiro atoms. The van der Waals surface area contributed by atoms with Gasteiger partial charge in [-0.15, -0.1) is 0 Å². The van der Waals surface area contributed by atoms with E-state index in [0.717, 1.165) is 19.7 Å². The maximum Gasteiger partial charge on any atom is 0.0624 e. The van der Waals surface area contributed by atoms with E-state index in [4.69, 9.17) is 10.5 Å². The summed E-state index contributed by atoms with van der Waals surface area (Å²) in [5.41, 5.74) is 6.52. The summed E-state index contributed by atoms with van der Waals surface area (Å²) in [6.07, 6.45) is 0. The minimum absolute atomic E-state index is 0.109. The van der Waals surface area contributed by atoms with Crippen molar-refractivity contribution in [3.63, 3.8) is 0 Å². The van der Waals surface area contributed by atoms with Gasteiger partial charge in [0.05, 0.1) is 13.2 Å². The second-order valence-corrected chi connectivity index (χ2v) is 6.67. The zero-order valence-electron chi connectivity index (χ0n) is 11.5. The number of nitrogens with two attached hydrogens (primary N) is 1. The largest absolute Gasteiger partial charge is 0.379 e. The summed E-state index contributed by atoms with van der Waals surface area (Å²) >= 11 is 0. The highest BCUT2D eigenvalue weighted by molar-refractivity contribution is 4.91. The van der Waals surface area contributed by atoms with Gasteiger partial charge >= 0.3 is 0 Å². The van der Waals surface area contributed by atoms with Crippen molar-refractivity contribution in [3.8, 4) is 0 Å². The van der Waals surface area contributed by atoms with Crippen LogP contribution in [0.2, 0.25) is 0 Å². The molecule has 3 nitrogen and oxygen atoms in total. The quantitative estimate of drug-likeness (QED) is 0.769. The molecule has 0 amide bonds. The Balaban J connectivity index is 2.30. The SMILES string of the molecule is CC(CNCC1(C)COCC1N)C(C)(C)C. The predicted molar refractivity (Wildman–Crippen MR) is 68.4 cm³/mol. The third-order valence-corrected chi connectivity index (χ3v) is 4.08. The van der Waals surface area contributed by atoms with Gasteiger partial charge in [-0.2, -0.15) is 0 Å². The third kappa shape index (κ3) is 3.44. The number of hydrogen-bond donors (Lipinski definition) is 2. The van der Waals surface area contributed by atoms with Crippen LogP contribution in [-0.4, -0.2) is 32.3 Å². The van der Waals surface area contributed by atoms with Crippen LogP contribution in [0.4, 0.5) is 0 Å². The Morgan fingerprint density at radius 1 is 1.50 bits per heavy atom. The molecular formula is C13H28N2O. The van der Waals surface area contributed by atoms with Crippen LogP contribution in [0.15, 0.2) is 0 Å². The molecule has 0 aromatic rings. The van der Waals surface area contributed by atoms with Crippen molar-refractivity contribution < 1.29 is 4.74 Å². The lowest BCUT2D eigenvalue weighted by Crippen LogP contribution is -2.46. The van der Waals surface area contributed by atoms with Gasteiger partial charge < -0.3 is 15.8 Å². The van der Waals surface area contributed by atoms with Crippen molar-refractivity contribution in [1.82, 2.24) is 5.32 Å². The summed E-state index contributed by atoms with van der Waals surface area (Å²) < 4.78 is 5.43. The fourth-order valence-electron chi connectivity index (χ4n) is 1.79. The molecule has 0 aliphatic carbocycles. The lowest BCUT2D eigenvalue weighted by atomic mass is 9.81. The van der Waals surface area contributed by atoms with Crippen LogP contribution >= 0.6 is 0 Å². The maximum absolute atomic E-state index is 6.05. The maximum atomic E-state index is 6.05. The summed E-state index contributed by atoms with van der Waals surface area (Å²) in [6, 6.07) is 0.171. The molecular weight excluding hydrogens is 200 g/mol. The van der Waals surface area contributed by atoms with Crippen molar-refractivity contribution in [2.24, 2.45) is 22.5 Å². The van der Waals surface area contributed by atoms with E-state index in [1.165, 1.54) is 0 Å². The minimum Gasteiger partial charge on any atom is -0.379 e. The Hall–Kier alpha value is -0.120. The first-order valence-electron chi connectivity index (χ1n) is 6.30. The Kier molecular flexibility index (Phi) is 4.38. The van der Waals surface area contributed by atoms with Crippen LogP contribution in [0.3, 0.4) is 0 Å². The van der Waals surface area contributed by atoms with Gasteiger partial charge in [-0.05, 0) is 17.9 Å². The van der Waals surface area contributed by atoms with Gasteiger partial charge in [-0.25, -0.2) is 0 Å². The summed E-state index contributed by atoms with van der Waals surface area (Å²) in [6.45, 7) is 14.8. The summed E-state index contributed by atoms with van der Waals surface area (Å²) in [5.74, 6) is 0.662. The molecule has 3 atom stereocenters. The standard InChI is InChI=1S/C13H28N2O/c1-10(12(2,3)4)6-15-8-13(5)9-16-7-11(13)14/h10-11,15H,6-9,14H2,1-5H3. The first kappa shape index (κ1) is 13.9. The zero-order chi connectivity index (χ0) is 12.4. The van der Waals surface area contributed by atoms with Gasteiger partial charge in [0.2, 0.25) is 0 Å². The van der Waals surface area contributed by atoms with Crippen molar-refractivity contribution in [3.05, 3.63) is 0 Å². The van der Waals surface area contributed by atoms with Crippen LogP contribution in [0, 0.1) is 16.7 Å². The van der Waals surface area contributed by atoms with E-state index < -0.39 is 0 Å². The van der Waals surface area contributed by atoms with E-state index >= 15 is 0 Å². The average Bonchev–Trinajstić information content (AvgIpc) is 2.46. The molecule has 1 heterocycles. The average molecular weight is 228 g/mol.